The van der Waals surface area contributed by atoms with E-state index in [2.05, 4.69) is 22.2 Å². The quantitative estimate of drug-likeness (QED) is 0.284. The minimum absolute atomic E-state index is 0. The third-order valence-electron chi connectivity index (χ3n) is 4.42. The van der Waals surface area contributed by atoms with Crippen molar-refractivity contribution in [3.63, 3.8) is 0 Å². The van der Waals surface area contributed by atoms with Crippen molar-refractivity contribution >= 4 is 35.8 Å². The fraction of sp³-hybridized carbons (Fsp3) is 0.722. The van der Waals surface area contributed by atoms with Gasteiger partial charge in [-0.3, -0.25) is 14.5 Å². The van der Waals surface area contributed by atoms with Crippen LogP contribution in [0.4, 0.5) is 0 Å². The van der Waals surface area contributed by atoms with Crippen LogP contribution in [0.5, 0.6) is 0 Å². The molecule has 1 amide bonds. The molecule has 0 saturated carbocycles. The maximum atomic E-state index is 11.6. The number of unbranched alkanes of at least 4 members (excludes halogenated alkanes) is 1. The molecule has 0 spiro atoms. The summed E-state index contributed by atoms with van der Waals surface area (Å²) in [5.41, 5.74) is 0. The van der Waals surface area contributed by atoms with Crippen LogP contribution in [0.2, 0.25) is 0 Å². The molecule has 1 aromatic heterocycles. The van der Waals surface area contributed by atoms with Crippen molar-refractivity contribution in [1.82, 2.24) is 24.9 Å². The van der Waals surface area contributed by atoms with Crippen molar-refractivity contribution in [3.05, 3.63) is 18.5 Å². The summed E-state index contributed by atoms with van der Waals surface area (Å²) in [6, 6.07) is 1.94. The highest BCUT2D eigenvalue weighted by Gasteiger charge is 2.18. The van der Waals surface area contributed by atoms with Crippen molar-refractivity contribution in [3.8, 4) is 0 Å². The van der Waals surface area contributed by atoms with Crippen LogP contribution >= 0.6 is 24.0 Å². The lowest BCUT2D eigenvalue weighted by atomic mass is 10.3. The molecule has 2 rings (SSSR count). The van der Waals surface area contributed by atoms with Gasteiger partial charge in [0, 0.05) is 65.1 Å². The molecule has 0 unspecified atom stereocenters. The second-order valence-electron chi connectivity index (χ2n) is 6.46. The number of nitrogens with zero attached hydrogens (tertiary/aromatic N) is 5. The van der Waals surface area contributed by atoms with Gasteiger partial charge in [-0.2, -0.15) is 5.10 Å². The summed E-state index contributed by atoms with van der Waals surface area (Å²) in [7, 11) is 0. The SMILES string of the molecule is CCCCNC(=NCCCn1cccn1)N1CCCN(C(C)=O)CC1.I. The predicted molar refractivity (Wildman–Crippen MR) is 116 cm³/mol. The van der Waals surface area contributed by atoms with Crippen LogP contribution in [0.3, 0.4) is 0 Å². The molecule has 0 atom stereocenters. The van der Waals surface area contributed by atoms with E-state index in [4.69, 9.17) is 4.99 Å². The van der Waals surface area contributed by atoms with Gasteiger partial charge in [0.25, 0.3) is 0 Å². The van der Waals surface area contributed by atoms with Crippen LogP contribution in [-0.4, -0.2) is 70.7 Å². The molecule has 8 heteroatoms. The molecule has 1 aliphatic heterocycles. The Hall–Kier alpha value is -1.32. The lowest BCUT2D eigenvalue weighted by Crippen LogP contribution is -2.44. The largest absolute Gasteiger partial charge is 0.356 e. The van der Waals surface area contributed by atoms with E-state index in [1.54, 1.807) is 13.1 Å². The van der Waals surface area contributed by atoms with E-state index >= 15 is 0 Å². The molecule has 148 valence electrons. The number of aromatic nitrogens is 2. The van der Waals surface area contributed by atoms with Crippen LogP contribution < -0.4 is 5.32 Å². The van der Waals surface area contributed by atoms with E-state index in [0.29, 0.717) is 0 Å². The average Bonchev–Trinajstić information content (AvgIpc) is 2.99. The first kappa shape index (κ1) is 22.7. The average molecular weight is 476 g/mol. The molecule has 0 bridgehead atoms. The summed E-state index contributed by atoms with van der Waals surface area (Å²) in [4.78, 5) is 20.7. The van der Waals surface area contributed by atoms with E-state index < -0.39 is 0 Å². The monoisotopic (exact) mass is 476 g/mol. The molecule has 2 heterocycles. The van der Waals surface area contributed by atoms with Gasteiger partial charge in [0.15, 0.2) is 5.96 Å². The third kappa shape index (κ3) is 7.92. The number of rotatable bonds is 7. The summed E-state index contributed by atoms with van der Waals surface area (Å²) in [5, 5.41) is 7.73. The minimum atomic E-state index is 0. The smallest absolute Gasteiger partial charge is 0.219 e. The Morgan fingerprint density at radius 3 is 2.65 bits per heavy atom. The van der Waals surface area contributed by atoms with Crippen molar-refractivity contribution < 1.29 is 4.79 Å². The maximum Gasteiger partial charge on any atom is 0.219 e. The number of aliphatic imine (C=N–C) groups is 1. The Morgan fingerprint density at radius 2 is 1.96 bits per heavy atom. The maximum absolute atomic E-state index is 11.6. The molecule has 1 fully saturated rings. The molecular weight excluding hydrogens is 443 g/mol. The number of aryl methyl sites for hydroxylation is 1. The molecule has 0 aromatic carbocycles. The zero-order chi connectivity index (χ0) is 17.9. The molecule has 7 nitrogen and oxygen atoms in total. The summed E-state index contributed by atoms with van der Waals surface area (Å²) in [6.07, 6.45) is 8.04. The summed E-state index contributed by atoms with van der Waals surface area (Å²) < 4.78 is 1.94. The zero-order valence-electron chi connectivity index (χ0n) is 16.1. The van der Waals surface area contributed by atoms with Gasteiger partial charge in [-0.1, -0.05) is 13.3 Å². The van der Waals surface area contributed by atoms with E-state index in [1.807, 2.05) is 21.8 Å². The lowest BCUT2D eigenvalue weighted by molar-refractivity contribution is -0.128. The predicted octanol–water partition coefficient (Wildman–Crippen LogP) is 2.19. The zero-order valence-corrected chi connectivity index (χ0v) is 18.4. The number of hydrogen-bond acceptors (Lipinski definition) is 3. The Labute approximate surface area is 174 Å². The number of carbonyl (C=O) groups is 1. The van der Waals surface area contributed by atoms with Gasteiger partial charge in [0.05, 0.1) is 0 Å². The number of nitrogens with one attached hydrogen (secondary N) is 1. The summed E-state index contributed by atoms with van der Waals surface area (Å²) >= 11 is 0. The number of hydrogen-bond donors (Lipinski definition) is 1. The Balaban J connectivity index is 0.00000338. The van der Waals surface area contributed by atoms with Crippen molar-refractivity contribution in [1.29, 1.82) is 0 Å². The van der Waals surface area contributed by atoms with Gasteiger partial charge in [-0.25, -0.2) is 0 Å². The highest BCUT2D eigenvalue weighted by atomic mass is 127. The lowest BCUT2D eigenvalue weighted by Gasteiger charge is -2.25. The van der Waals surface area contributed by atoms with Crippen LogP contribution in [0.15, 0.2) is 23.5 Å². The summed E-state index contributed by atoms with van der Waals surface area (Å²) in [5.74, 6) is 1.15. The van der Waals surface area contributed by atoms with Crippen LogP contribution in [-0.2, 0) is 11.3 Å². The van der Waals surface area contributed by atoms with Crippen LogP contribution in [0, 0.1) is 0 Å². The van der Waals surface area contributed by atoms with Gasteiger partial charge in [-0.05, 0) is 25.3 Å². The van der Waals surface area contributed by atoms with Crippen molar-refractivity contribution in [2.45, 2.75) is 46.1 Å². The summed E-state index contributed by atoms with van der Waals surface area (Å²) in [6.45, 7) is 9.86. The molecule has 26 heavy (non-hydrogen) atoms. The first-order valence-electron chi connectivity index (χ1n) is 9.47. The van der Waals surface area contributed by atoms with E-state index in [9.17, 15) is 4.79 Å². The van der Waals surface area contributed by atoms with E-state index in [1.165, 1.54) is 0 Å². The van der Waals surface area contributed by atoms with Gasteiger partial charge < -0.3 is 15.1 Å². The standard InChI is InChI=1S/C18H32N6O.HI/c1-3-4-8-19-18(20-9-5-13-24-14-6-10-21-24)23-12-7-11-22(15-16-23)17(2)25;/h6,10,14H,3-5,7-9,11-13,15-16H2,1-2H3,(H,19,20);1H. The molecule has 1 aromatic rings. The van der Waals surface area contributed by atoms with Gasteiger partial charge >= 0.3 is 0 Å². The van der Waals surface area contributed by atoms with Gasteiger partial charge in [0.1, 0.15) is 0 Å². The van der Waals surface area contributed by atoms with Crippen molar-refractivity contribution in [2.75, 3.05) is 39.3 Å². The number of guanidine groups is 1. The number of carbonyl (C=O) groups excluding carboxylic acids is 1. The van der Waals surface area contributed by atoms with Crippen molar-refractivity contribution in [2.24, 2.45) is 4.99 Å². The second-order valence-corrected chi connectivity index (χ2v) is 6.46. The van der Waals surface area contributed by atoms with Gasteiger partial charge in [-0.15, -0.1) is 24.0 Å². The van der Waals surface area contributed by atoms with E-state index in [-0.39, 0.29) is 29.9 Å². The molecule has 0 aliphatic carbocycles. The second kappa shape index (κ2) is 12.9. The van der Waals surface area contributed by atoms with Crippen LogP contribution in [0.1, 0.15) is 39.5 Å². The highest BCUT2D eigenvalue weighted by Crippen LogP contribution is 2.05. The van der Waals surface area contributed by atoms with Crippen LogP contribution in [0.25, 0.3) is 0 Å². The first-order chi connectivity index (χ1) is 12.2. The Kier molecular flexibility index (Phi) is 11.3. The number of halogens is 1. The van der Waals surface area contributed by atoms with Gasteiger partial charge in [0.2, 0.25) is 5.91 Å². The molecule has 1 aliphatic rings. The molecule has 1 saturated heterocycles. The fourth-order valence-corrected chi connectivity index (χ4v) is 2.94. The molecular formula is C18H33IN6O. The third-order valence-corrected chi connectivity index (χ3v) is 4.42. The van der Waals surface area contributed by atoms with E-state index in [0.717, 1.165) is 77.5 Å². The normalized spacial score (nSPS) is 15.4. The first-order valence-corrected chi connectivity index (χ1v) is 9.47. The minimum Gasteiger partial charge on any atom is -0.356 e. The number of amides is 1. The molecule has 0 radical (unpaired) electrons. The molecule has 1 N–H and O–H groups in total. The topological polar surface area (TPSA) is 65.8 Å². The fourth-order valence-electron chi connectivity index (χ4n) is 2.94. The Bertz CT molecular complexity index is 534. The Morgan fingerprint density at radius 1 is 1.19 bits per heavy atom. The highest BCUT2D eigenvalue weighted by molar-refractivity contribution is 14.0.